The van der Waals surface area contributed by atoms with Crippen LogP contribution in [0.15, 0.2) is 0 Å². The maximum absolute atomic E-state index is 10.9. The van der Waals surface area contributed by atoms with Gasteiger partial charge in [0.2, 0.25) is 0 Å². The van der Waals surface area contributed by atoms with Gasteiger partial charge in [-0.25, -0.2) is 9.83 Å². The van der Waals surface area contributed by atoms with Crippen molar-refractivity contribution < 1.29 is 22.2 Å². The van der Waals surface area contributed by atoms with Crippen LogP contribution in [0.1, 0.15) is 6.42 Å². The van der Waals surface area contributed by atoms with E-state index in [4.69, 9.17) is 16.4 Å². The van der Waals surface area contributed by atoms with Crippen LogP contribution in [0, 0.1) is 5.21 Å². The van der Waals surface area contributed by atoms with Crippen molar-refractivity contribution in [1.29, 1.82) is 0 Å². The topological polar surface area (TPSA) is 36.7 Å². The molecule has 0 amide bonds. The number of rotatable bonds is 2. The Morgan fingerprint density at radius 1 is 1.64 bits per heavy atom. The Balaban J connectivity index is 0.000001000. The average molecular weight is 219 g/mol. The van der Waals surface area contributed by atoms with Gasteiger partial charge in [0.1, 0.15) is 14.7 Å². The van der Waals surface area contributed by atoms with E-state index in [1.165, 1.54) is 0 Å². The Labute approximate surface area is 78.8 Å². The molecule has 1 aliphatic heterocycles. The lowest BCUT2D eigenvalue weighted by molar-refractivity contribution is -0.948. The molecule has 1 aliphatic rings. The summed E-state index contributed by atoms with van der Waals surface area (Å²) >= 11 is 5.51. The predicted octanol–water partition coefficient (Wildman–Crippen LogP) is -2.66. The number of quaternary nitrogens is 1. The van der Waals surface area contributed by atoms with Crippen molar-refractivity contribution in [1.82, 2.24) is 0 Å². The molecule has 0 radical (unpaired) electrons. The minimum atomic E-state index is -0.526. The summed E-state index contributed by atoms with van der Waals surface area (Å²) in [6.45, 7) is 0.611. The smallest absolute Gasteiger partial charge is 0.137 e. The fourth-order valence-electron chi connectivity index (χ4n) is 0.903. The monoisotopic (exact) mass is 218 g/mol. The van der Waals surface area contributed by atoms with E-state index >= 15 is 0 Å². The van der Waals surface area contributed by atoms with Crippen molar-refractivity contribution in [2.75, 3.05) is 24.8 Å². The summed E-state index contributed by atoms with van der Waals surface area (Å²) in [6.07, 6.45) is 2.87. The summed E-state index contributed by atoms with van der Waals surface area (Å²) in [7, 11) is -0.526. The van der Waals surface area contributed by atoms with Crippen LogP contribution in [0.4, 0.5) is 0 Å². The van der Waals surface area contributed by atoms with Crippen molar-refractivity contribution in [3.8, 4) is 0 Å². The van der Waals surface area contributed by atoms with E-state index in [9.17, 15) is 5.21 Å². The second-order valence-corrected chi connectivity index (χ2v) is 4.86. The first kappa shape index (κ1) is 11.9. The fraction of sp³-hybridized carbons (Fsp3) is 1.00. The van der Waals surface area contributed by atoms with Gasteiger partial charge < -0.3 is 17.6 Å². The van der Waals surface area contributed by atoms with E-state index in [0.29, 0.717) is 12.5 Å². The van der Waals surface area contributed by atoms with Crippen LogP contribution in [0.2, 0.25) is 0 Å². The number of alkyl halides is 1. The van der Waals surface area contributed by atoms with E-state index in [2.05, 4.69) is 0 Å². The molecule has 1 saturated heterocycles. The van der Waals surface area contributed by atoms with Crippen molar-refractivity contribution in [3.05, 3.63) is 5.21 Å². The first-order chi connectivity index (χ1) is 4.84. The highest BCUT2D eigenvalue weighted by atomic mass is 35.5. The van der Waals surface area contributed by atoms with Gasteiger partial charge in [0.05, 0.1) is 0 Å². The predicted molar refractivity (Wildman–Crippen MR) is 42.3 cm³/mol. The van der Waals surface area contributed by atoms with Gasteiger partial charge in [0.15, 0.2) is 0 Å². The standard InChI is InChI=1S/C5H11ClNO2P.ClH/c6-2-5-10-4-1-3-9-7(10)8;/h7H,1-5H2;1H/p-1. The van der Waals surface area contributed by atoms with E-state index in [1.807, 2.05) is 0 Å². The highest BCUT2D eigenvalue weighted by Gasteiger charge is 2.21. The van der Waals surface area contributed by atoms with Crippen LogP contribution in [0.3, 0.4) is 0 Å². The van der Waals surface area contributed by atoms with E-state index in [-0.39, 0.29) is 17.4 Å². The van der Waals surface area contributed by atoms with Crippen LogP contribution in [-0.2, 0) is 4.84 Å². The highest BCUT2D eigenvalue weighted by Crippen LogP contribution is 2.27. The Hall–Kier alpha value is 0.890. The van der Waals surface area contributed by atoms with E-state index in [0.717, 1.165) is 18.7 Å². The maximum Gasteiger partial charge on any atom is 0.137 e. The summed E-state index contributed by atoms with van der Waals surface area (Å²) in [4.78, 5) is 4.88. The molecule has 0 aromatic rings. The minimum Gasteiger partial charge on any atom is -1.00 e. The lowest BCUT2D eigenvalue weighted by Gasteiger charge is -2.31. The first-order valence-corrected chi connectivity index (χ1v) is 5.57. The van der Waals surface area contributed by atoms with Gasteiger partial charge in [-0.15, -0.1) is 11.6 Å². The number of hydrogen-bond acceptors (Lipinski definition) is 2. The zero-order valence-corrected chi connectivity index (χ0v) is 8.46. The van der Waals surface area contributed by atoms with Crippen molar-refractivity contribution in [2.45, 2.75) is 6.42 Å². The van der Waals surface area contributed by atoms with Crippen molar-refractivity contribution >= 4 is 19.7 Å². The molecule has 0 aliphatic carbocycles. The van der Waals surface area contributed by atoms with Crippen LogP contribution >= 0.6 is 19.7 Å². The SMILES string of the molecule is [Cl-].[O-][NH+]1OCCCP1CCCl. The molecular formula is C5H11Cl2NO2P-. The average Bonchev–Trinajstić information content (AvgIpc) is 1.94. The lowest BCUT2D eigenvalue weighted by Crippen LogP contribution is -3.01. The fourth-order valence-corrected chi connectivity index (χ4v) is 3.09. The lowest BCUT2D eigenvalue weighted by atomic mass is 10.5. The summed E-state index contributed by atoms with van der Waals surface area (Å²) in [5.74, 6) is 0.584. The Morgan fingerprint density at radius 3 is 2.91 bits per heavy atom. The molecule has 1 heterocycles. The summed E-state index contributed by atoms with van der Waals surface area (Å²) in [5, 5.41) is 10.9. The third-order valence-electron chi connectivity index (χ3n) is 1.41. The number of hydrogen-bond donors (Lipinski definition) is 1. The van der Waals surface area contributed by atoms with Crippen molar-refractivity contribution in [3.63, 3.8) is 0 Å². The molecular weight excluding hydrogens is 208 g/mol. The van der Waals surface area contributed by atoms with Crippen LogP contribution < -0.4 is 17.4 Å². The van der Waals surface area contributed by atoms with Gasteiger partial charge >= 0.3 is 0 Å². The van der Waals surface area contributed by atoms with Gasteiger partial charge in [-0.2, -0.15) is 0 Å². The summed E-state index contributed by atoms with van der Waals surface area (Å²) < 4.78 is 0. The molecule has 0 saturated carbocycles. The zero-order valence-electron chi connectivity index (χ0n) is 6.06. The Bertz CT molecular complexity index is 106. The third-order valence-corrected chi connectivity index (χ3v) is 4.13. The van der Waals surface area contributed by atoms with Gasteiger partial charge in [-0.3, -0.25) is 0 Å². The van der Waals surface area contributed by atoms with Gasteiger partial charge in [-0.1, -0.05) is 0 Å². The second-order valence-electron chi connectivity index (χ2n) is 2.14. The molecule has 11 heavy (non-hydrogen) atoms. The molecule has 1 fully saturated rings. The quantitative estimate of drug-likeness (QED) is 0.313. The van der Waals surface area contributed by atoms with Crippen LogP contribution in [-0.4, -0.2) is 24.8 Å². The largest absolute Gasteiger partial charge is 1.00 e. The number of nitrogens with one attached hydrogen (secondary N) is 1. The van der Waals surface area contributed by atoms with Gasteiger partial charge in [0, 0.05) is 18.2 Å². The molecule has 3 nitrogen and oxygen atoms in total. The first-order valence-electron chi connectivity index (χ1n) is 3.32. The van der Waals surface area contributed by atoms with Crippen molar-refractivity contribution in [2.24, 2.45) is 0 Å². The molecule has 2 unspecified atom stereocenters. The molecule has 6 heteroatoms. The van der Waals surface area contributed by atoms with E-state index < -0.39 is 8.07 Å². The molecule has 0 spiro atoms. The van der Waals surface area contributed by atoms with E-state index in [1.54, 1.807) is 0 Å². The van der Waals surface area contributed by atoms with Gasteiger partial charge in [-0.05, 0) is 6.42 Å². The molecule has 0 aromatic heterocycles. The zero-order chi connectivity index (χ0) is 7.40. The molecule has 1 N–H and O–H groups in total. The Morgan fingerprint density at radius 2 is 2.36 bits per heavy atom. The van der Waals surface area contributed by atoms with Crippen LogP contribution in [0.5, 0.6) is 0 Å². The summed E-state index contributed by atoms with van der Waals surface area (Å²) in [6, 6.07) is 0. The molecule has 0 bridgehead atoms. The van der Waals surface area contributed by atoms with Crippen LogP contribution in [0.25, 0.3) is 0 Å². The molecule has 0 aromatic carbocycles. The third kappa shape index (κ3) is 3.88. The van der Waals surface area contributed by atoms with Gasteiger partial charge in [0.25, 0.3) is 0 Å². The second kappa shape index (κ2) is 6.41. The minimum absolute atomic E-state index is 0. The number of halogens is 2. The Kier molecular flexibility index (Phi) is 6.93. The normalized spacial score (nSPS) is 31.1. The molecule has 1 rings (SSSR count). The highest BCUT2D eigenvalue weighted by molar-refractivity contribution is 7.50. The molecule has 2 atom stereocenters. The molecule has 68 valence electrons. The maximum atomic E-state index is 10.9. The summed E-state index contributed by atoms with van der Waals surface area (Å²) in [5.41, 5.74) is 0.